The van der Waals surface area contributed by atoms with E-state index in [1.807, 2.05) is 0 Å². The van der Waals surface area contributed by atoms with E-state index in [0.29, 0.717) is 19.3 Å². The van der Waals surface area contributed by atoms with Crippen LogP contribution in [0.4, 0.5) is 0 Å². The number of hydrogen-bond donors (Lipinski definition) is 0. The van der Waals surface area contributed by atoms with Gasteiger partial charge in [-0.05, 0) is 19.8 Å². The summed E-state index contributed by atoms with van der Waals surface area (Å²) < 4.78 is 0. The van der Waals surface area contributed by atoms with E-state index in [4.69, 9.17) is 0 Å². The van der Waals surface area contributed by atoms with Gasteiger partial charge in [0.2, 0.25) is 0 Å². The first-order chi connectivity index (χ1) is 5.66. The Morgan fingerprint density at radius 2 is 1.92 bits per heavy atom. The maximum absolute atomic E-state index is 10.9. The molecule has 3 nitrogen and oxygen atoms in total. The highest BCUT2D eigenvalue weighted by atomic mass is 16.1. The van der Waals surface area contributed by atoms with Crippen molar-refractivity contribution in [2.24, 2.45) is 0 Å². The molecule has 0 aliphatic carbocycles. The van der Waals surface area contributed by atoms with Crippen molar-refractivity contribution in [1.82, 2.24) is 0 Å². The molecule has 0 aromatic heterocycles. The SMILES string of the molecule is CC(=O)CC(=O)CCCCC=O. The van der Waals surface area contributed by atoms with Crippen LogP contribution in [0.2, 0.25) is 0 Å². The summed E-state index contributed by atoms with van der Waals surface area (Å²) in [5.41, 5.74) is 0. The first kappa shape index (κ1) is 11.0. The van der Waals surface area contributed by atoms with Crippen LogP contribution in [0.5, 0.6) is 0 Å². The molecule has 0 radical (unpaired) electrons. The van der Waals surface area contributed by atoms with Crippen LogP contribution in [0.15, 0.2) is 0 Å². The summed E-state index contributed by atoms with van der Waals surface area (Å²) in [5.74, 6) is -0.108. The molecule has 0 saturated heterocycles. The lowest BCUT2D eigenvalue weighted by Gasteiger charge is -1.95. The van der Waals surface area contributed by atoms with Gasteiger partial charge in [-0.3, -0.25) is 9.59 Å². The van der Waals surface area contributed by atoms with E-state index in [1.54, 1.807) is 0 Å². The molecule has 0 unspecified atom stereocenters. The second-order valence-electron chi connectivity index (χ2n) is 2.83. The van der Waals surface area contributed by atoms with Crippen LogP contribution in [0.3, 0.4) is 0 Å². The van der Waals surface area contributed by atoms with Gasteiger partial charge in [-0.2, -0.15) is 0 Å². The van der Waals surface area contributed by atoms with Crippen molar-refractivity contribution >= 4 is 17.9 Å². The molecule has 0 atom stereocenters. The Balaban J connectivity index is 3.31. The molecule has 0 fully saturated rings. The number of carbonyl (C=O) groups excluding carboxylic acids is 3. The van der Waals surface area contributed by atoms with E-state index < -0.39 is 0 Å². The van der Waals surface area contributed by atoms with Crippen molar-refractivity contribution in [3.8, 4) is 0 Å². The van der Waals surface area contributed by atoms with Gasteiger partial charge in [0.1, 0.15) is 17.9 Å². The van der Waals surface area contributed by atoms with E-state index in [9.17, 15) is 14.4 Å². The normalized spacial score (nSPS) is 9.42. The molecule has 0 aliphatic rings. The molecule has 0 rings (SSSR count). The molecule has 0 N–H and O–H groups in total. The third kappa shape index (κ3) is 7.12. The Labute approximate surface area is 72.1 Å². The van der Waals surface area contributed by atoms with Gasteiger partial charge in [-0.25, -0.2) is 0 Å². The van der Waals surface area contributed by atoms with Crippen LogP contribution >= 0.6 is 0 Å². The fourth-order valence-corrected chi connectivity index (χ4v) is 0.916. The van der Waals surface area contributed by atoms with Crippen molar-refractivity contribution in [1.29, 1.82) is 0 Å². The fraction of sp³-hybridized carbons (Fsp3) is 0.667. The van der Waals surface area contributed by atoms with Crippen molar-refractivity contribution in [2.45, 2.75) is 39.0 Å². The lowest BCUT2D eigenvalue weighted by atomic mass is 10.1. The fourth-order valence-electron chi connectivity index (χ4n) is 0.916. The Bertz CT molecular complexity index is 173. The quantitative estimate of drug-likeness (QED) is 0.328. The minimum Gasteiger partial charge on any atom is -0.303 e. The zero-order chi connectivity index (χ0) is 9.40. The lowest BCUT2D eigenvalue weighted by molar-refractivity contribution is -0.126. The van der Waals surface area contributed by atoms with Crippen LogP contribution in [-0.2, 0) is 14.4 Å². The smallest absolute Gasteiger partial charge is 0.140 e. The average molecular weight is 170 g/mol. The van der Waals surface area contributed by atoms with E-state index >= 15 is 0 Å². The molecule has 0 bridgehead atoms. The van der Waals surface area contributed by atoms with Gasteiger partial charge in [0.05, 0.1) is 6.42 Å². The van der Waals surface area contributed by atoms with Crippen LogP contribution < -0.4 is 0 Å². The van der Waals surface area contributed by atoms with Crippen LogP contribution in [0, 0.1) is 0 Å². The summed E-state index contributed by atoms with van der Waals surface area (Å²) in [4.78, 5) is 31.3. The maximum Gasteiger partial charge on any atom is 0.140 e. The Morgan fingerprint density at radius 3 is 2.42 bits per heavy atom. The highest BCUT2D eigenvalue weighted by molar-refractivity contribution is 5.97. The third-order valence-corrected chi connectivity index (χ3v) is 1.47. The molecule has 3 heteroatoms. The minimum absolute atomic E-state index is 0.0200. The summed E-state index contributed by atoms with van der Waals surface area (Å²) in [7, 11) is 0. The summed E-state index contributed by atoms with van der Waals surface area (Å²) >= 11 is 0. The molecule has 12 heavy (non-hydrogen) atoms. The molecule has 0 aliphatic heterocycles. The zero-order valence-corrected chi connectivity index (χ0v) is 7.34. The molecular weight excluding hydrogens is 156 g/mol. The van der Waals surface area contributed by atoms with Crippen molar-refractivity contribution in [2.75, 3.05) is 0 Å². The molecule has 0 aromatic carbocycles. The Hall–Kier alpha value is -0.990. The number of rotatable bonds is 7. The second kappa shape index (κ2) is 6.70. The zero-order valence-electron chi connectivity index (χ0n) is 7.34. The van der Waals surface area contributed by atoms with Crippen LogP contribution in [-0.4, -0.2) is 17.9 Å². The number of hydrogen-bond acceptors (Lipinski definition) is 3. The predicted molar refractivity (Wildman–Crippen MR) is 44.8 cm³/mol. The van der Waals surface area contributed by atoms with Gasteiger partial charge in [-0.15, -0.1) is 0 Å². The number of ketones is 2. The standard InChI is InChI=1S/C9H14O3/c1-8(11)7-9(12)5-3-2-4-6-10/h6H,2-5,7H2,1H3. The summed E-state index contributed by atoms with van der Waals surface area (Å²) in [5, 5.41) is 0. The largest absolute Gasteiger partial charge is 0.303 e. The predicted octanol–water partition coefficient (Wildman–Crippen LogP) is 1.29. The molecular formula is C9H14O3. The summed E-state index contributed by atoms with van der Waals surface area (Å²) in [6.07, 6.45) is 3.27. The second-order valence-corrected chi connectivity index (χ2v) is 2.83. The van der Waals surface area contributed by atoms with Crippen molar-refractivity contribution < 1.29 is 14.4 Å². The van der Waals surface area contributed by atoms with Crippen LogP contribution in [0.25, 0.3) is 0 Å². The van der Waals surface area contributed by atoms with E-state index in [2.05, 4.69) is 0 Å². The maximum atomic E-state index is 10.9. The van der Waals surface area contributed by atoms with Gasteiger partial charge < -0.3 is 4.79 Å². The molecule has 68 valence electrons. The lowest BCUT2D eigenvalue weighted by Crippen LogP contribution is -2.03. The molecule has 0 heterocycles. The molecule has 0 amide bonds. The molecule has 0 spiro atoms. The van der Waals surface area contributed by atoms with Gasteiger partial charge in [0.25, 0.3) is 0 Å². The number of aldehydes is 1. The number of carbonyl (C=O) groups is 3. The van der Waals surface area contributed by atoms with Crippen LogP contribution in [0.1, 0.15) is 39.0 Å². The monoisotopic (exact) mass is 170 g/mol. The molecule has 0 saturated carbocycles. The Kier molecular flexibility index (Phi) is 6.15. The highest BCUT2D eigenvalue weighted by Gasteiger charge is 2.03. The first-order valence-corrected chi connectivity index (χ1v) is 4.11. The topological polar surface area (TPSA) is 51.2 Å². The molecule has 0 aromatic rings. The van der Waals surface area contributed by atoms with Gasteiger partial charge >= 0.3 is 0 Å². The summed E-state index contributed by atoms with van der Waals surface area (Å²) in [6, 6.07) is 0. The van der Waals surface area contributed by atoms with Gasteiger partial charge in [0, 0.05) is 12.8 Å². The Morgan fingerprint density at radius 1 is 1.25 bits per heavy atom. The number of Topliss-reactive ketones (excluding diaryl/α,β-unsaturated/α-hetero) is 2. The van der Waals surface area contributed by atoms with Crippen molar-refractivity contribution in [3.05, 3.63) is 0 Å². The minimum atomic E-state index is -0.0876. The van der Waals surface area contributed by atoms with E-state index in [1.165, 1.54) is 6.92 Å². The van der Waals surface area contributed by atoms with Gasteiger partial charge in [-0.1, -0.05) is 0 Å². The third-order valence-electron chi connectivity index (χ3n) is 1.47. The van der Waals surface area contributed by atoms with E-state index in [0.717, 1.165) is 12.7 Å². The van der Waals surface area contributed by atoms with Crippen molar-refractivity contribution in [3.63, 3.8) is 0 Å². The number of unbranched alkanes of at least 4 members (excludes halogenated alkanes) is 2. The summed E-state index contributed by atoms with van der Waals surface area (Å²) in [6.45, 7) is 1.41. The average Bonchev–Trinajstić information content (AvgIpc) is 1.97. The van der Waals surface area contributed by atoms with E-state index in [-0.39, 0.29) is 18.0 Å². The first-order valence-electron chi connectivity index (χ1n) is 4.11. The highest BCUT2D eigenvalue weighted by Crippen LogP contribution is 2.01. The van der Waals surface area contributed by atoms with Gasteiger partial charge in [0.15, 0.2) is 0 Å².